The van der Waals surface area contributed by atoms with Crippen molar-refractivity contribution < 1.29 is 9.53 Å². The van der Waals surface area contributed by atoms with Crippen LogP contribution in [-0.2, 0) is 9.53 Å². The highest BCUT2D eigenvalue weighted by molar-refractivity contribution is 7.22. The van der Waals surface area contributed by atoms with Gasteiger partial charge in [-0.1, -0.05) is 23.8 Å². The van der Waals surface area contributed by atoms with Gasteiger partial charge in [-0.2, -0.15) is 0 Å². The van der Waals surface area contributed by atoms with E-state index < -0.39 is 0 Å². The number of carbonyl (C=O) groups excluding carboxylic acids is 1. The molecule has 0 spiro atoms. The third-order valence-electron chi connectivity index (χ3n) is 5.23. The van der Waals surface area contributed by atoms with Gasteiger partial charge in [0.05, 0.1) is 23.4 Å². The van der Waals surface area contributed by atoms with Gasteiger partial charge in [-0.3, -0.25) is 14.6 Å². The number of carbonyl (C=O) groups is 1. The normalized spacial score (nSPS) is 19.1. The molecule has 2 aliphatic rings. The molecule has 0 bridgehead atoms. The number of nitrogens with zero attached hydrogens (tertiary/aromatic N) is 3. The lowest BCUT2D eigenvalue weighted by Gasteiger charge is -2.33. The molecular formula is C19H25N3O2S. The Kier molecular flexibility index (Phi) is 5.01. The van der Waals surface area contributed by atoms with Gasteiger partial charge in [-0.15, -0.1) is 0 Å². The van der Waals surface area contributed by atoms with E-state index in [9.17, 15) is 4.79 Å². The standard InChI is InChI=1S/C19H25N3O2S/c1-14-5-6-16-17(13-14)25-19(20-16)22(18(23)15-3-2-4-15)8-7-21-9-11-24-12-10-21/h5-6,13,15H,2-4,7-12H2,1H3. The highest BCUT2D eigenvalue weighted by atomic mass is 32.1. The predicted octanol–water partition coefficient (Wildman–Crippen LogP) is 3.07. The molecule has 2 fully saturated rings. The second kappa shape index (κ2) is 7.40. The van der Waals surface area contributed by atoms with Crippen molar-refractivity contribution in [1.82, 2.24) is 9.88 Å². The van der Waals surface area contributed by atoms with Gasteiger partial charge in [-0.25, -0.2) is 4.98 Å². The molecule has 1 aliphatic heterocycles. The second-order valence-electron chi connectivity index (χ2n) is 7.04. The van der Waals surface area contributed by atoms with Crippen LogP contribution in [0.15, 0.2) is 18.2 Å². The van der Waals surface area contributed by atoms with Crippen LogP contribution in [0.5, 0.6) is 0 Å². The third-order valence-corrected chi connectivity index (χ3v) is 6.27. The molecule has 6 heteroatoms. The summed E-state index contributed by atoms with van der Waals surface area (Å²) in [6.45, 7) is 7.17. The molecule has 1 amide bonds. The zero-order valence-electron chi connectivity index (χ0n) is 14.7. The fraction of sp³-hybridized carbons (Fsp3) is 0.579. The minimum Gasteiger partial charge on any atom is -0.379 e. The largest absolute Gasteiger partial charge is 0.379 e. The van der Waals surface area contributed by atoms with E-state index in [1.54, 1.807) is 11.3 Å². The number of rotatable bonds is 5. The Labute approximate surface area is 152 Å². The minimum absolute atomic E-state index is 0.193. The van der Waals surface area contributed by atoms with Crippen LogP contribution in [-0.4, -0.2) is 55.2 Å². The Balaban J connectivity index is 1.55. The number of morpholine rings is 1. The molecule has 2 aromatic rings. The third kappa shape index (κ3) is 3.71. The molecule has 25 heavy (non-hydrogen) atoms. The summed E-state index contributed by atoms with van der Waals surface area (Å²) < 4.78 is 6.58. The van der Waals surface area contributed by atoms with Crippen molar-refractivity contribution in [3.05, 3.63) is 23.8 Å². The van der Waals surface area contributed by atoms with Gasteiger partial charge < -0.3 is 4.74 Å². The fourth-order valence-corrected chi connectivity index (χ4v) is 4.47. The first-order valence-corrected chi connectivity index (χ1v) is 10.0. The van der Waals surface area contributed by atoms with Gasteiger partial charge in [0, 0.05) is 32.1 Å². The highest BCUT2D eigenvalue weighted by Gasteiger charge is 2.31. The molecule has 1 saturated carbocycles. The number of hydrogen-bond donors (Lipinski definition) is 0. The average Bonchev–Trinajstić information content (AvgIpc) is 2.97. The van der Waals surface area contributed by atoms with Crippen LogP contribution in [0, 0.1) is 12.8 Å². The molecule has 0 N–H and O–H groups in total. The number of aryl methyl sites for hydroxylation is 1. The summed E-state index contributed by atoms with van der Waals surface area (Å²) in [6.07, 6.45) is 3.22. The van der Waals surface area contributed by atoms with E-state index >= 15 is 0 Å². The summed E-state index contributed by atoms with van der Waals surface area (Å²) in [7, 11) is 0. The molecule has 1 saturated heterocycles. The van der Waals surface area contributed by atoms with E-state index in [1.807, 2.05) is 4.90 Å². The number of hydrogen-bond acceptors (Lipinski definition) is 5. The number of aromatic nitrogens is 1. The van der Waals surface area contributed by atoms with Crippen molar-refractivity contribution in [3.63, 3.8) is 0 Å². The van der Waals surface area contributed by atoms with E-state index in [1.165, 1.54) is 12.0 Å². The molecule has 0 atom stereocenters. The average molecular weight is 359 g/mol. The van der Waals surface area contributed by atoms with Crippen molar-refractivity contribution in [1.29, 1.82) is 0 Å². The smallest absolute Gasteiger partial charge is 0.231 e. The van der Waals surface area contributed by atoms with Crippen LogP contribution in [0.25, 0.3) is 10.2 Å². The second-order valence-corrected chi connectivity index (χ2v) is 8.05. The Morgan fingerprint density at radius 1 is 1.36 bits per heavy atom. The van der Waals surface area contributed by atoms with E-state index in [0.29, 0.717) is 6.54 Å². The first-order valence-electron chi connectivity index (χ1n) is 9.19. The summed E-state index contributed by atoms with van der Waals surface area (Å²) in [4.78, 5) is 22.1. The van der Waals surface area contributed by atoms with Crippen molar-refractivity contribution >= 4 is 32.6 Å². The lowest BCUT2D eigenvalue weighted by molar-refractivity contribution is -0.124. The van der Waals surface area contributed by atoms with Crippen LogP contribution in [0.3, 0.4) is 0 Å². The van der Waals surface area contributed by atoms with Gasteiger partial charge in [0.1, 0.15) is 0 Å². The molecular weight excluding hydrogens is 334 g/mol. The van der Waals surface area contributed by atoms with Gasteiger partial charge >= 0.3 is 0 Å². The molecule has 2 heterocycles. The Bertz CT molecular complexity index is 750. The SMILES string of the molecule is Cc1ccc2nc(N(CCN3CCOCC3)C(=O)C3CCC3)sc2c1. The van der Waals surface area contributed by atoms with Gasteiger partial charge in [0.15, 0.2) is 5.13 Å². The molecule has 134 valence electrons. The molecule has 0 radical (unpaired) electrons. The van der Waals surface area contributed by atoms with E-state index in [-0.39, 0.29) is 11.8 Å². The van der Waals surface area contributed by atoms with Crippen LogP contribution < -0.4 is 4.90 Å². The van der Waals surface area contributed by atoms with Gasteiger partial charge in [0.25, 0.3) is 0 Å². The van der Waals surface area contributed by atoms with Crippen molar-refractivity contribution in [2.24, 2.45) is 5.92 Å². The fourth-order valence-electron chi connectivity index (χ4n) is 3.38. The summed E-state index contributed by atoms with van der Waals surface area (Å²) in [5, 5.41) is 0.853. The van der Waals surface area contributed by atoms with Crippen molar-refractivity contribution in [2.45, 2.75) is 26.2 Å². The maximum atomic E-state index is 13.0. The number of thiazole rings is 1. The molecule has 1 aliphatic carbocycles. The summed E-state index contributed by atoms with van der Waals surface area (Å²) in [6, 6.07) is 6.29. The monoisotopic (exact) mass is 359 g/mol. The summed E-state index contributed by atoms with van der Waals surface area (Å²) >= 11 is 1.64. The minimum atomic E-state index is 0.193. The number of benzene rings is 1. The number of fused-ring (bicyclic) bond motifs is 1. The van der Waals surface area contributed by atoms with Crippen molar-refractivity contribution in [2.75, 3.05) is 44.3 Å². The Hall–Kier alpha value is -1.50. The van der Waals surface area contributed by atoms with E-state index in [4.69, 9.17) is 9.72 Å². The number of amides is 1. The summed E-state index contributed by atoms with van der Waals surface area (Å²) in [5.41, 5.74) is 2.22. The molecule has 1 aromatic heterocycles. The van der Waals surface area contributed by atoms with Crippen LogP contribution >= 0.6 is 11.3 Å². The zero-order chi connectivity index (χ0) is 17.2. The topological polar surface area (TPSA) is 45.7 Å². The van der Waals surface area contributed by atoms with Crippen LogP contribution in [0.4, 0.5) is 5.13 Å². The quantitative estimate of drug-likeness (QED) is 0.823. The molecule has 4 rings (SSSR count). The van der Waals surface area contributed by atoms with Crippen LogP contribution in [0.2, 0.25) is 0 Å². The number of anilines is 1. The van der Waals surface area contributed by atoms with Gasteiger partial charge in [0.2, 0.25) is 5.91 Å². The predicted molar refractivity (Wildman–Crippen MR) is 101 cm³/mol. The lowest BCUT2D eigenvalue weighted by atomic mass is 9.84. The van der Waals surface area contributed by atoms with Crippen molar-refractivity contribution in [3.8, 4) is 0 Å². The van der Waals surface area contributed by atoms with Gasteiger partial charge in [-0.05, 0) is 37.5 Å². The molecule has 0 unspecified atom stereocenters. The lowest BCUT2D eigenvalue weighted by Crippen LogP contribution is -2.45. The molecule has 5 nitrogen and oxygen atoms in total. The highest BCUT2D eigenvalue weighted by Crippen LogP contribution is 2.34. The zero-order valence-corrected chi connectivity index (χ0v) is 15.6. The summed E-state index contributed by atoms with van der Waals surface area (Å²) in [5.74, 6) is 0.453. The molecule has 1 aromatic carbocycles. The first-order chi connectivity index (χ1) is 12.2. The Morgan fingerprint density at radius 2 is 2.16 bits per heavy atom. The van der Waals surface area contributed by atoms with E-state index in [0.717, 1.165) is 61.0 Å². The Morgan fingerprint density at radius 3 is 2.88 bits per heavy atom. The maximum absolute atomic E-state index is 13.0. The number of ether oxygens (including phenoxy) is 1. The maximum Gasteiger partial charge on any atom is 0.231 e. The van der Waals surface area contributed by atoms with Crippen LogP contribution in [0.1, 0.15) is 24.8 Å². The van der Waals surface area contributed by atoms with E-state index in [2.05, 4.69) is 30.0 Å². The first kappa shape index (κ1) is 16.9.